The van der Waals surface area contributed by atoms with Crippen LogP contribution in [0.15, 0.2) is 18.2 Å². The third-order valence-electron chi connectivity index (χ3n) is 6.35. The first kappa shape index (κ1) is 15.3. The Labute approximate surface area is 142 Å². The molecule has 4 fully saturated rings. The van der Waals surface area contributed by atoms with Crippen molar-refractivity contribution in [3.63, 3.8) is 0 Å². The summed E-state index contributed by atoms with van der Waals surface area (Å²) in [5.74, 6) is 0. The minimum Gasteiger partial charge on any atom is -0.403 e. The molecule has 3 aliphatic carbocycles. The van der Waals surface area contributed by atoms with Crippen LogP contribution in [0.2, 0.25) is 15.4 Å². The van der Waals surface area contributed by atoms with Gasteiger partial charge in [0.25, 0.3) is 0 Å². The molecule has 0 aromatic heterocycles. The first-order chi connectivity index (χ1) is 10.1. The molecule has 1 heterocycles. The highest BCUT2D eigenvalue weighted by Crippen LogP contribution is 2.81. The third-order valence-corrected chi connectivity index (χ3v) is 7.17. The van der Waals surface area contributed by atoms with Crippen LogP contribution < -0.4 is 0 Å². The number of benzene rings is 1. The molecule has 0 unspecified atom stereocenters. The van der Waals surface area contributed by atoms with Crippen molar-refractivity contribution in [2.24, 2.45) is 0 Å². The summed E-state index contributed by atoms with van der Waals surface area (Å²) in [7, 11) is -0.0997. The van der Waals surface area contributed by atoms with E-state index in [1.165, 1.54) is 5.56 Å². The van der Waals surface area contributed by atoms with Crippen LogP contribution >= 0.6 is 23.2 Å². The Bertz CT molecular complexity index is 620. The Morgan fingerprint density at radius 1 is 0.955 bits per heavy atom. The molecule has 4 aliphatic rings. The molecule has 2 bridgehead atoms. The predicted molar refractivity (Wildman–Crippen MR) is 90.8 cm³/mol. The quantitative estimate of drug-likeness (QED) is 0.684. The first-order valence-corrected chi connectivity index (χ1v) is 8.67. The van der Waals surface area contributed by atoms with Crippen molar-refractivity contribution in [2.75, 3.05) is 0 Å². The molecule has 1 saturated heterocycles. The second-order valence-electron chi connectivity index (χ2n) is 8.36. The van der Waals surface area contributed by atoms with Gasteiger partial charge in [-0.1, -0.05) is 35.3 Å². The first-order valence-electron chi connectivity index (χ1n) is 7.91. The summed E-state index contributed by atoms with van der Waals surface area (Å²) in [5, 5.41) is 1.52. The van der Waals surface area contributed by atoms with Crippen LogP contribution in [0.25, 0.3) is 0 Å². The SMILES string of the molecule is CC1(C)OB(C23CC(c4cccc(Cl)c4Cl)(C2)C3)OC1(C)C. The zero-order valence-corrected chi connectivity index (χ0v) is 15.0. The maximum absolute atomic E-state index is 6.42. The molecule has 118 valence electrons. The van der Waals surface area contributed by atoms with E-state index >= 15 is 0 Å². The molecule has 22 heavy (non-hydrogen) atoms. The summed E-state index contributed by atoms with van der Waals surface area (Å²) in [4.78, 5) is 0. The standard InChI is InChI=1S/C17H21BCl2O2/c1-14(2)15(3,4)22-18(21-14)17-8-16(9-17,10-17)11-6-5-7-12(19)13(11)20/h5-7H,8-10H2,1-4H3. The van der Waals surface area contributed by atoms with Crippen LogP contribution in [-0.4, -0.2) is 18.3 Å². The molecule has 2 nitrogen and oxygen atoms in total. The Morgan fingerprint density at radius 3 is 2.05 bits per heavy atom. The molecule has 5 rings (SSSR count). The fourth-order valence-electron chi connectivity index (χ4n) is 4.41. The van der Waals surface area contributed by atoms with Crippen LogP contribution in [0.5, 0.6) is 0 Å². The van der Waals surface area contributed by atoms with E-state index in [0.717, 1.165) is 19.3 Å². The van der Waals surface area contributed by atoms with Gasteiger partial charge in [0.2, 0.25) is 0 Å². The maximum Gasteiger partial charge on any atom is 0.464 e. The predicted octanol–water partition coefficient (Wildman–Crippen LogP) is 5.26. The maximum atomic E-state index is 6.42. The van der Waals surface area contributed by atoms with Crippen molar-refractivity contribution in [3.05, 3.63) is 33.8 Å². The van der Waals surface area contributed by atoms with Gasteiger partial charge in [-0.25, -0.2) is 0 Å². The van der Waals surface area contributed by atoms with Crippen molar-refractivity contribution < 1.29 is 9.31 Å². The lowest BCUT2D eigenvalue weighted by molar-refractivity contribution is -0.0382. The smallest absolute Gasteiger partial charge is 0.403 e. The average Bonchev–Trinajstić information content (AvgIpc) is 2.50. The summed E-state index contributed by atoms with van der Waals surface area (Å²) >= 11 is 12.6. The van der Waals surface area contributed by atoms with Crippen LogP contribution in [-0.2, 0) is 14.7 Å². The van der Waals surface area contributed by atoms with Crippen LogP contribution in [0, 0.1) is 0 Å². The molecule has 3 saturated carbocycles. The molecule has 1 aromatic carbocycles. The van der Waals surface area contributed by atoms with Crippen molar-refractivity contribution in [1.82, 2.24) is 0 Å². The summed E-state index contributed by atoms with van der Waals surface area (Å²) in [5.41, 5.74) is 0.869. The van der Waals surface area contributed by atoms with E-state index in [4.69, 9.17) is 32.5 Å². The highest BCUT2D eigenvalue weighted by Gasteiger charge is 2.77. The van der Waals surface area contributed by atoms with Gasteiger partial charge in [0.15, 0.2) is 0 Å². The fraction of sp³-hybridized carbons (Fsp3) is 0.647. The summed E-state index contributed by atoms with van der Waals surface area (Å²) in [6.07, 6.45) is 3.24. The molecule has 1 aliphatic heterocycles. The normalized spacial score (nSPS) is 37.6. The van der Waals surface area contributed by atoms with Gasteiger partial charge in [-0.3, -0.25) is 0 Å². The molecule has 5 heteroatoms. The van der Waals surface area contributed by atoms with Crippen LogP contribution in [0.1, 0.15) is 52.5 Å². The Balaban J connectivity index is 1.54. The van der Waals surface area contributed by atoms with E-state index in [1.54, 1.807) is 0 Å². The number of halogens is 2. The molecule has 1 aromatic rings. The molecule has 0 amide bonds. The molecular weight excluding hydrogens is 318 g/mol. The van der Waals surface area contributed by atoms with Crippen LogP contribution in [0.3, 0.4) is 0 Å². The number of hydrogen-bond acceptors (Lipinski definition) is 2. The minimum absolute atomic E-state index is 0.0997. The van der Waals surface area contributed by atoms with Gasteiger partial charge in [-0.15, -0.1) is 0 Å². The van der Waals surface area contributed by atoms with Crippen molar-refractivity contribution in [1.29, 1.82) is 0 Å². The lowest BCUT2D eigenvalue weighted by Gasteiger charge is -2.71. The second-order valence-corrected chi connectivity index (χ2v) is 9.15. The summed E-state index contributed by atoms with van der Waals surface area (Å²) in [6, 6.07) is 5.95. The van der Waals surface area contributed by atoms with Gasteiger partial charge in [0.1, 0.15) is 0 Å². The second kappa shape index (κ2) is 4.24. The van der Waals surface area contributed by atoms with E-state index in [0.29, 0.717) is 10.0 Å². The number of hydrogen-bond donors (Lipinski definition) is 0. The molecule has 0 N–H and O–H groups in total. The van der Waals surface area contributed by atoms with E-state index in [-0.39, 0.29) is 29.0 Å². The Kier molecular flexibility index (Phi) is 2.96. The molecule has 0 radical (unpaired) electrons. The lowest BCUT2D eigenvalue weighted by Crippen LogP contribution is -2.66. The Hall–Kier alpha value is -0.215. The van der Waals surface area contributed by atoms with Crippen molar-refractivity contribution >= 4 is 30.3 Å². The summed E-state index contributed by atoms with van der Waals surface area (Å²) < 4.78 is 12.5. The zero-order valence-electron chi connectivity index (χ0n) is 13.5. The minimum atomic E-state index is -0.256. The molecule has 0 atom stereocenters. The van der Waals surface area contributed by atoms with Crippen LogP contribution in [0.4, 0.5) is 0 Å². The topological polar surface area (TPSA) is 18.5 Å². The van der Waals surface area contributed by atoms with Crippen molar-refractivity contribution in [3.8, 4) is 0 Å². The van der Waals surface area contributed by atoms with E-state index in [9.17, 15) is 0 Å². The van der Waals surface area contributed by atoms with Gasteiger partial charge < -0.3 is 9.31 Å². The lowest BCUT2D eigenvalue weighted by atomic mass is 9.23. The highest BCUT2D eigenvalue weighted by molar-refractivity contribution is 6.51. The van der Waals surface area contributed by atoms with Gasteiger partial charge in [0.05, 0.1) is 21.2 Å². The summed E-state index contributed by atoms with van der Waals surface area (Å²) in [6.45, 7) is 8.45. The van der Waals surface area contributed by atoms with Crippen molar-refractivity contribution in [2.45, 2.75) is 68.9 Å². The average molecular weight is 339 g/mol. The molecule has 0 spiro atoms. The highest BCUT2D eigenvalue weighted by atomic mass is 35.5. The fourth-order valence-corrected chi connectivity index (χ4v) is 4.91. The van der Waals surface area contributed by atoms with E-state index < -0.39 is 0 Å². The number of rotatable bonds is 2. The van der Waals surface area contributed by atoms with Gasteiger partial charge >= 0.3 is 7.12 Å². The largest absolute Gasteiger partial charge is 0.464 e. The van der Waals surface area contributed by atoms with E-state index in [2.05, 4.69) is 33.8 Å². The Morgan fingerprint density at radius 2 is 1.50 bits per heavy atom. The zero-order chi connectivity index (χ0) is 16.0. The van der Waals surface area contributed by atoms with Gasteiger partial charge in [-0.2, -0.15) is 0 Å². The third kappa shape index (κ3) is 1.77. The van der Waals surface area contributed by atoms with Gasteiger partial charge in [-0.05, 0) is 64.0 Å². The monoisotopic (exact) mass is 338 g/mol. The van der Waals surface area contributed by atoms with E-state index in [1.807, 2.05) is 12.1 Å². The molecular formula is C17H21BCl2O2. The van der Waals surface area contributed by atoms with Gasteiger partial charge in [0, 0.05) is 5.31 Å².